The Balaban J connectivity index is 1.57. The number of ether oxygens (including phenoxy) is 3. The first kappa shape index (κ1) is 18.0. The molecule has 0 radical (unpaired) electrons. The van der Waals surface area contributed by atoms with E-state index in [0.29, 0.717) is 37.1 Å². The molecule has 1 heterocycles. The third kappa shape index (κ3) is 6.05. The van der Waals surface area contributed by atoms with Crippen LogP contribution in [0.2, 0.25) is 5.02 Å². The first-order chi connectivity index (χ1) is 10.5. The molecule has 1 aliphatic heterocycles. The van der Waals surface area contributed by atoms with Gasteiger partial charge < -0.3 is 14.2 Å². The molecule has 1 aromatic carbocycles. The van der Waals surface area contributed by atoms with Gasteiger partial charge >= 0.3 is 0 Å². The monoisotopic (exact) mass is 391 g/mol. The Morgan fingerprint density at radius 3 is 2.64 bits per heavy atom. The summed E-state index contributed by atoms with van der Waals surface area (Å²) in [5, 5.41) is 0.685. The molecule has 4 nitrogen and oxygen atoms in total. The van der Waals surface area contributed by atoms with Gasteiger partial charge in [0.1, 0.15) is 12.4 Å². The molecular formula is C16H23BrClNO3. The van der Waals surface area contributed by atoms with Gasteiger partial charge in [0, 0.05) is 24.7 Å². The normalized spacial score (nSPS) is 22.7. The van der Waals surface area contributed by atoms with Crippen molar-refractivity contribution < 1.29 is 14.2 Å². The molecule has 1 aromatic rings. The van der Waals surface area contributed by atoms with Crippen LogP contribution in [0.25, 0.3) is 0 Å². The molecule has 0 spiro atoms. The first-order valence-electron chi connectivity index (χ1n) is 7.58. The summed E-state index contributed by atoms with van der Waals surface area (Å²) in [7, 11) is 0. The summed E-state index contributed by atoms with van der Waals surface area (Å²) >= 11 is 9.31. The number of morpholine rings is 1. The molecule has 0 N–H and O–H groups in total. The number of rotatable bonds is 7. The second-order valence-electron chi connectivity index (χ2n) is 5.55. The van der Waals surface area contributed by atoms with Crippen molar-refractivity contribution in [2.75, 3.05) is 39.5 Å². The van der Waals surface area contributed by atoms with Crippen molar-refractivity contribution in [3.8, 4) is 5.75 Å². The van der Waals surface area contributed by atoms with Gasteiger partial charge in [0.05, 0.1) is 29.9 Å². The maximum Gasteiger partial charge on any atom is 0.133 e. The van der Waals surface area contributed by atoms with Gasteiger partial charge in [-0.3, -0.25) is 4.90 Å². The predicted octanol–water partition coefficient (Wildman–Crippen LogP) is 3.61. The zero-order valence-corrected chi connectivity index (χ0v) is 15.4. The summed E-state index contributed by atoms with van der Waals surface area (Å²) in [6.45, 7) is 8.92. The van der Waals surface area contributed by atoms with E-state index < -0.39 is 0 Å². The first-order valence-corrected chi connectivity index (χ1v) is 8.75. The molecule has 0 saturated carbocycles. The van der Waals surface area contributed by atoms with E-state index in [2.05, 4.69) is 34.7 Å². The largest absolute Gasteiger partial charge is 0.490 e. The fraction of sp³-hybridized carbons (Fsp3) is 0.625. The highest BCUT2D eigenvalue weighted by atomic mass is 79.9. The molecule has 0 aliphatic carbocycles. The van der Waals surface area contributed by atoms with Crippen molar-refractivity contribution in [1.29, 1.82) is 0 Å². The van der Waals surface area contributed by atoms with Crippen LogP contribution >= 0.6 is 27.5 Å². The average molecular weight is 393 g/mol. The third-order valence-electron chi connectivity index (χ3n) is 3.43. The number of halogens is 2. The van der Waals surface area contributed by atoms with Gasteiger partial charge in [-0.1, -0.05) is 11.6 Å². The molecule has 2 rings (SSSR count). The number of hydrogen-bond acceptors (Lipinski definition) is 4. The highest BCUT2D eigenvalue weighted by molar-refractivity contribution is 9.10. The third-order valence-corrected chi connectivity index (χ3v) is 4.28. The van der Waals surface area contributed by atoms with Gasteiger partial charge in [-0.15, -0.1) is 0 Å². The highest BCUT2D eigenvalue weighted by Gasteiger charge is 2.21. The summed E-state index contributed by atoms with van der Waals surface area (Å²) in [5.41, 5.74) is 0. The minimum atomic E-state index is 0.300. The van der Waals surface area contributed by atoms with Gasteiger partial charge in [0.2, 0.25) is 0 Å². The van der Waals surface area contributed by atoms with Crippen molar-refractivity contribution in [3.05, 3.63) is 27.7 Å². The Labute approximate surface area is 145 Å². The fourth-order valence-electron chi connectivity index (χ4n) is 2.57. The minimum Gasteiger partial charge on any atom is -0.490 e. The van der Waals surface area contributed by atoms with Crippen LogP contribution in [0.3, 0.4) is 0 Å². The van der Waals surface area contributed by atoms with Crippen molar-refractivity contribution >= 4 is 27.5 Å². The zero-order chi connectivity index (χ0) is 15.9. The van der Waals surface area contributed by atoms with Crippen LogP contribution in [0.1, 0.15) is 13.8 Å². The Morgan fingerprint density at radius 1 is 1.23 bits per heavy atom. The van der Waals surface area contributed by atoms with E-state index in [1.54, 1.807) is 0 Å². The molecule has 0 amide bonds. The average Bonchev–Trinajstić information content (AvgIpc) is 2.43. The smallest absolute Gasteiger partial charge is 0.133 e. The Bertz CT molecular complexity index is 465. The Kier molecular flexibility index (Phi) is 7.44. The van der Waals surface area contributed by atoms with Crippen LogP contribution < -0.4 is 4.74 Å². The van der Waals surface area contributed by atoms with E-state index in [4.69, 9.17) is 25.8 Å². The van der Waals surface area contributed by atoms with E-state index in [1.807, 2.05) is 18.2 Å². The lowest BCUT2D eigenvalue weighted by Crippen LogP contribution is -2.46. The van der Waals surface area contributed by atoms with Crippen molar-refractivity contribution in [2.24, 2.45) is 0 Å². The molecule has 0 unspecified atom stereocenters. The summed E-state index contributed by atoms with van der Waals surface area (Å²) in [6.07, 6.45) is 0.601. The summed E-state index contributed by atoms with van der Waals surface area (Å²) in [6, 6.07) is 5.48. The van der Waals surface area contributed by atoms with Crippen LogP contribution in [0.15, 0.2) is 22.7 Å². The van der Waals surface area contributed by atoms with Crippen LogP contribution in [0.4, 0.5) is 0 Å². The van der Waals surface area contributed by atoms with Crippen LogP contribution in [-0.4, -0.2) is 56.6 Å². The summed E-state index contributed by atoms with van der Waals surface area (Å²) in [4.78, 5) is 2.38. The molecule has 6 heteroatoms. The molecule has 1 fully saturated rings. The van der Waals surface area contributed by atoms with E-state index >= 15 is 0 Å². The molecule has 1 aliphatic rings. The van der Waals surface area contributed by atoms with Gasteiger partial charge in [0.25, 0.3) is 0 Å². The molecule has 1 saturated heterocycles. The van der Waals surface area contributed by atoms with Gasteiger partial charge in [-0.05, 0) is 48.0 Å². The molecular weight excluding hydrogens is 370 g/mol. The lowest BCUT2D eigenvalue weighted by molar-refractivity contribution is -0.0734. The van der Waals surface area contributed by atoms with Crippen molar-refractivity contribution in [1.82, 2.24) is 4.90 Å². The Morgan fingerprint density at radius 2 is 1.95 bits per heavy atom. The second-order valence-corrected chi connectivity index (χ2v) is 6.84. The minimum absolute atomic E-state index is 0.300. The summed E-state index contributed by atoms with van der Waals surface area (Å²) in [5.74, 6) is 0.781. The second kappa shape index (κ2) is 9.08. The van der Waals surface area contributed by atoms with E-state index in [0.717, 1.165) is 29.9 Å². The number of nitrogens with zero attached hydrogens (tertiary/aromatic N) is 1. The summed E-state index contributed by atoms with van der Waals surface area (Å²) < 4.78 is 17.9. The standard InChI is InChI=1S/C16H23BrClNO3/c1-12-10-19(11-13(2)22-12)5-6-20-7-8-21-16-4-3-14(18)9-15(16)17/h3-4,9,12-13H,5-8,10-11H2,1-2H3/t12-,13+. The SMILES string of the molecule is C[C@@H]1CN(CCOCCOc2ccc(Cl)cc2Br)C[C@H](C)O1. The number of hydrogen-bond donors (Lipinski definition) is 0. The lowest BCUT2D eigenvalue weighted by atomic mass is 10.2. The quantitative estimate of drug-likeness (QED) is 0.663. The van der Waals surface area contributed by atoms with Crippen LogP contribution in [0, 0.1) is 0 Å². The Hall–Kier alpha value is -0.330. The molecule has 2 atom stereocenters. The van der Waals surface area contributed by atoms with Crippen LogP contribution in [0.5, 0.6) is 5.75 Å². The van der Waals surface area contributed by atoms with Crippen LogP contribution in [-0.2, 0) is 9.47 Å². The van der Waals surface area contributed by atoms with Crippen molar-refractivity contribution in [3.63, 3.8) is 0 Å². The van der Waals surface area contributed by atoms with E-state index in [9.17, 15) is 0 Å². The fourth-order valence-corrected chi connectivity index (χ4v) is 3.36. The van der Waals surface area contributed by atoms with Gasteiger partial charge in [0.15, 0.2) is 0 Å². The maximum absolute atomic E-state index is 5.89. The number of benzene rings is 1. The maximum atomic E-state index is 5.89. The van der Waals surface area contributed by atoms with Gasteiger partial charge in [-0.25, -0.2) is 0 Å². The van der Waals surface area contributed by atoms with E-state index in [1.165, 1.54) is 0 Å². The molecule has 124 valence electrons. The molecule has 0 bridgehead atoms. The topological polar surface area (TPSA) is 30.9 Å². The highest BCUT2D eigenvalue weighted by Crippen LogP contribution is 2.27. The lowest BCUT2D eigenvalue weighted by Gasteiger charge is -2.35. The predicted molar refractivity (Wildman–Crippen MR) is 91.9 cm³/mol. The zero-order valence-electron chi connectivity index (χ0n) is 13.1. The van der Waals surface area contributed by atoms with Gasteiger partial charge in [-0.2, -0.15) is 0 Å². The van der Waals surface area contributed by atoms with Crippen molar-refractivity contribution in [2.45, 2.75) is 26.1 Å². The molecule has 0 aromatic heterocycles. The molecule has 22 heavy (non-hydrogen) atoms. The van der Waals surface area contributed by atoms with E-state index in [-0.39, 0.29) is 0 Å².